The number of nitrogens with two attached hydrogens (primary N) is 1. The van der Waals surface area contributed by atoms with Crippen molar-refractivity contribution in [3.63, 3.8) is 0 Å². The van der Waals surface area contributed by atoms with Gasteiger partial charge in [-0.2, -0.15) is 13.2 Å². The van der Waals surface area contributed by atoms with Gasteiger partial charge in [-0.1, -0.05) is 0 Å². The first-order valence-corrected chi connectivity index (χ1v) is 6.26. The molecule has 1 aromatic rings. The van der Waals surface area contributed by atoms with Gasteiger partial charge in [-0.15, -0.1) is 0 Å². The fourth-order valence-corrected chi connectivity index (χ4v) is 1.54. The molecule has 0 radical (unpaired) electrons. The Hall–Kier alpha value is -2.03. The first-order chi connectivity index (χ1) is 9.63. The molecule has 0 aromatic carbocycles. The molecule has 0 aliphatic heterocycles. The minimum absolute atomic E-state index is 0.0718. The Kier molecular flexibility index (Phi) is 5.36. The van der Waals surface area contributed by atoms with Gasteiger partial charge in [-0.25, -0.2) is 10.8 Å². The average molecular weight is 305 g/mol. The summed E-state index contributed by atoms with van der Waals surface area (Å²) in [7, 11) is 0. The van der Waals surface area contributed by atoms with Crippen LogP contribution in [0, 0.1) is 0 Å². The molecule has 1 rings (SSSR count). The molecule has 1 aromatic heterocycles. The maximum atomic E-state index is 12.7. The van der Waals surface area contributed by atoms with Crippen molar-refractivity contribution in [1.29, 1.82) is 0 Å². The van der Waals surface area contributed by atoms with E-state index >= 15 is 0 Å². The van der Waals surface area contributed by atoms with Gasteiger partial charge in [0.05, 0.1) is 5.56 Å². The van der Waals surface area contributed by atoms with E-state index in [0.29, 0.717) is 0 Å². The van der Waals surface area contributed by atoms with Crippen molar-refractivity contribution in [3.8, 4) is 0 Å². The molecule has 5 N–H and O–H groups in total. The monoisotopic (exact) mass is 305 g/mol. The number of rotatable bonds is 5. The van der Waals surface area contributed by atoms with Crippen LogP contribution in [0.4, 0.5) is 24.8 Å². The Morgan fingerprint density at radius 2 is 1.81 bits per heavy atom. The third kappa shape index (κ3) is 5.10. The molecule has 1 atom stereocenters. The van der Waals surface area contributed by atoms with E-state index in [1.165, 1.54) is 6.92 Å². The van der Waals surface area contributed by atoms with Gasteiger partial charge in [0.1, 0.15) is 17.7 Å². The van der Waals surface area contributed by atoms with E-state index in [0.717, 1.165) is 12.1 Å². The molecular formula is C12H18F3N5O. The number of aromatic nitrogens is 1. The Morgan fingerprint density at radius 3 is 2.29 bits per heavy atom. The van der Waals surface area contributed by atoms with Crippen LogP contribution in [0.15, 0.2) is 12.1 Å². The maximum absolute atomic E-state index is 12.7. The molecular weight excluding hydrogens is 287 g/mol. The lowest BCUT2D eigenvalue weighted by molar-refractivity contribution is -0.137. The molecule has 9 heteroatoms. The summed E-state index contributed by atoms with van der Waals surface area (Å²) < 4.78 is 38.2. The van der Waals surface area contributed by atoms with E-state index in [1.54, 1.807) is 13.8 Å². The van der Waals surface area contributed by atoms with Gasteiger partial charge >= 0.3 is 6.18 Å². The second kappa shape index (κ2) is 6.61. The lowest BCUT2D eigenvalue weighted by Gasteiger charge is -2.18. The topological polar surface area (TPSA) is 92.1 Å². The number of nitrogens with zero attached hydrogens (tertiary/aromatic N) is 1. The smallest absolute Gasteiger partial charge is 0.359 e. The molecule has 0 spiro atoms. The second-order valence-corrected chi connectivity index (χ2v) is 4.80. The van der Waals surface area contributed by atoms with Crippen LogP contribution in [-0.2, 0) is 11.0 Å². The number of alkyl halides is 3. The minimum Gasteiger partial charge on any atom is -0.359 e. The van der Waals surface area contributed by atoms with E-state index in [-0.39, 0.29) is 23.6 Å². The van der Waals surface area contributed by atoms with Crippen LogP contribution in [0.5, 0.6) is 0 Å². The number of carbonyl (C=O) groups is 1. The van der Waals surface area contributed by atoms with Crippen LogP contribution in [0.3, 0.4) is 0 Å². The Morgan fingerprint density at radius 1 is 1.24 bits per heavy atom. The lowest BCUT2D eigenvalue weighted by atomic mass is 10.2. The van der Waals surface area contributed by atoms with Crippen LogP contribution in [0.1, 0.15) is 26.3 Å². The number of anilines is 2. The number of carbonyl (C=O) groups excluding carboxylic acids is 1. The molecule has 118 valence electrons. The Balaban J connectivity index is 2.95. The van der Waals surface area contributed by atoms with Gasteiger partial charge in [0, 0.05) is 6.04 Å². The van der Waals surface area contributed by atoms with Crippen molar-refractivity contribution in [2.75, 3.05) is 10.7 Å². The van der Waals surface area contributed by atoms with Gasteiger partial charge < -0.3 is 16.1 Å². The second-order valence-electron chi connectivity index (χ2n) is 4.80. The van der Waals surface area contributed by atoms with Crippen LogP contribution in [0.2, 0.25) is 0 Å². The van der Waals surface area contributed by atoms with Crippen LogP contribution >= 0.6 is 0 Å². The minimum atomic E-state index is -4.53. The zero-order valence-electron chi connectivity index (χ0n) is 11.9. The molecule has 0 aliphatic carbocycles. The van der Waals surface area contributed by atoms with Gasteiger partial charge in [-0.3, -0.25) is 4.79 Å². The van der Waals surface area contributed by atoms with E-state index in [2.05, 4.69) is 21.0 Å². The number of halogens is 3. The quantitative estimate of drug-likeness (QED) is 0.491. The third-order valence-electron chi connectivity index (χ3n) is 2.49. The third-order valence-corrected chi connectivity index (χ3v) is 2.49. The molecule has 0 saturated carbocycles. The summed E-state index contributed by atoms with van der Waals surface area (Å²) in [5, 5.41) is 5.26. The molecule has 0 saturated heterocycles. The Labute approximate surface area is 120 Å². The fourth-order valence-electron chi connectivity index (χ4n) is 1.54. The zero-order valence-corrected chi connectivity index (χ0v) is 11.9. The van der Waals surface area contributed by atoms with Crippen LogP contribution in [0.25, 0.3) is 0 Å². The van der Waals surface area contributed by atoms with Crippen molar-refractivity contribution >= 4 is 17.5 Å². The highest BCUT2D eigenvalue weighted by molar-refractivity contribution is 5.84. The van der Waals surface area contributed by atoms with Gasteiger partial charge in [0.25, 0.3) is 0 Å². The predicted molar refractivity (Wildman–Crippen MR) is 73.4 cm³/mol. The molecule has 21 heavy (non-hydrogen) atoms. The fraction of sp³-hybridized carbons (Fsp3) is 0.500. The van der Waals surface area contributed by atoms with Crippen molar-refractivity contribution < 1.29 is 18.0 Å². The summed E-state index contributed by atoms with van der Waals surface area (Å²) >= 11 is 0. The summed E-state index contributed by atoms with van der Waals surface area (Å²) in [6, 6.07) is 0.788. The number of hydrazine groups is 1. The highest BCUT2D eigenvalue weighted by Gasteiger charge is 2.32. The molecule has 0 fully saturated rings. The van der Waals surface area contributed by atoms with E-state index in [1.807, 2.05) is 0 Å². The number of hydrogen-bond acceptors (Lipinski definition) is 5. The number of amides is 1. The number of pyridine rings is 1. The molecule has 1 heterocycles. The van der Waals surface area contributed by atoms with E-state index < -0.39 is 17.8 Å². The molecule has 0 bridgehead atoms. The SMILES string of the molecule is CC(C)NC(=O)C(C)Nc1cc(C(F)(F)F)cc(NN)n1. The molecule has 1 amide bonds. The zero-order chi connectivity index (χ0) is 16.2. The largest absolute Gasteiger partial charge is 0.416 e. The van der Waals surface area contributed by atoms with Gasteiger partial charge in [-0.05, 0) is 32.9 Å². The summed E-state index contributed by atoms with van der Waals surface area (Å²) in [4.78, 5) is 15.6. The first-order valence-electron chi connectivity index (χ1n) is 6.26. The van der Waals surface area contributed by atoms with Crippen molar-refractivity contribution in [2.24, 2.45) is 5.84 Å². The number of hydrogen-bond donors (Lipinski definition) is 4. The summed E-state index contributed by atoms with van der Waals surface area (Å²) in [5.41, 5.74) is 1.15. The number of nitrogen functional groups attached to an aromatic ring is 1. The van der Waals surface area contributed by atoms with Crippen LogP contribution in [-0.4, -0.2) is 23.0 Å². The Bertz CT molecular complexity index is 504. The van der Waals surface area contributed by atoms with E-state index in [4.69, 9.17) is 5.84 Å². The van der Waals surface area contributed by atoms with Crippen molar-refractivity contribution in [1.82, 2.24) is 10.3 Å². The summed E-state index contributed by atoms with van der Waals surface area (Å²) in [6.07, 6.45) is -4.53. The summed E-state index contributed by atoms with van der Waals surface area (Å²) in [6.45, 7) is 5.09. The van der Waals surface area contributed by atoms with E-state index in [9.17, 15) is 18.0 Å². The normalized spacial score (nSPS) is 13.0. The van der Waals surface area contributed by atoms with Crippen LogP contribution < -0.4 is 21.9 Å². The summed E-state index contributed by atoms with van der Waals surface area (Å²) in [5.74, 6) is 4.52. The van der Waals surface area contributed by atoms with Crippen molar-refractivity contribution in [3.05, 3.63) is 17.7 Å². The standard InChI is InChI=1S/C12H18F3N5O/c1-6(2)17-11(21)7(3)18-9-4-8(12(13,14)15)5-10(19-9)20-16/h4-7H,16H2,1-3H3,(H,17,21)(H2,18,19,20). The first kappa shape index (κ1) is 17.0. The van der Waals surface area contributed by atoms with Gasteiger partial charge in [0.2, 0.25) is 5.91 Å². The predicted octanol–water partition coefficient (Wildman–Crippen LogP) is 1.71. The highest BCUT2D eigenvalue weighted by Crippen LogP contribution is 2.31. The maximum Gasteiger partial charge on any atom is 0.416 e. The number of nitrogens with one attached hydrogen (secondary N) is 3. The lowest BCUT2D eigenvalue weighted by Crippen LogP contribution is -2.41. The molecule has 1 unspecified atom stereocenters. The highest BCUT2D eigenvalue weighted by atomic mass is 19.4. The van der Waals surface area contributed by atoms with Gasteiger partial charge in [0.15, 0.2) is 0 Å². The average Bonchev–Trinajstić information content (AvgIpc) is 2.36. The van der Waals surface area contributed by atoms with Crippen molar-refractivity contribution in [2.45, 2.75) is 39.0 Å². The molecule has 0 aliphatic rings. The molecule has 6 nitrogen and oxygen atoms in total.